The standard InChI is InChI=1S/C14H24N2O/c1-12(2)17-14-8-6-5-7-13(14)11-15-9-10-16(3)4/h5-8,12,15H,9-11H2,1-4H3. The Balaban J connectivity index is 2.46. The number of benzene rings is 1. The number of nitrogens with zero attached hydrogens (tertiary/aromatic N) is 1. The van der Waals surface area contributed by atoms with Gasteiger partial charge in [-0.05, 0) is 34.0 Å². The Morgan fingerprint density at radius 1 is 1.24 bits per heavy atom. The minimum absolute atomic E-state index is 0.220. The molecule has 0 aromatic heterocycles. The maximum atomic E-state index is 5.77. The lowest BCUT2D eigenvalue weighted by atomic mass is 10.2. The number of ether oxygens (including phenoxy) is 1. The average molecular weight is 236 g/mol. The molecule has 0 spiro atoms. The van der Waals surface area contributed by atoms with Gasteiger partial charge < -0.3 is 15.0 Å². The first kappa shape index (κ1) is 14.0. The van der Waals surface area contributed by atoms with Crippen LogP contribution in [0.3, 0.4) is 0 Å². The molecule has 0 aliphatic rings. The van der Waals surface area contributed by atoms with Crippen LogP contribution in [0.15, 0.2) is 24.3 Å². The van der Waals surface area contributed by atoms with Crippen molar-refractivity contribution in [3.05, 3.63) is 29.8 Å². The zero-order valence-corrected chi connectivity index (χ0v) is 11.4. The summed E-state index contributed by atoms with van der Waals surface area (Å²) in [5.41, 5.74) is 1.22. The number of rotatable bonds is 7. The average Bonchev–Trinajstić information content (AvgIpc) is 2.25. The molecule has 0 amide bonds. The highest BCUT2D eigenvalue weighted by molar-refractivity contribution is 5.33. The molecular weight excluding hydrogens is 212 g/mol. The fourth-order valence-electron chi connectivity index (χ4n) is 1.54. The highest BCUT2D eigenvalue weighted by Crippen LogP contribution is 2.18. The first-order valence-corrected chi connectivity index (χ1v) is 6.19. The summed E-state index contributed by atoms with van der Waals surface area (Å²) in [6, 6.07) is 8.21. The second-order valence-corrected chi connectivity index (χ2v) is 4.75. The quantitative estimate of drug-likeness (QED) is 0.734. The summed E-state index contributed by atoms with van der Waals surface area (Å²) in [6.45, 7) is 7.00. The predicted octanol–water partition coefficient (Wildman–Crippen LogP) is 2.12. The Labute approximate surface area is 105 Å². The van der Waals surface area contributed by atoms with Gasteiger partial charge in [0.1, 0.15) is 5.75 Å². The lowest BCUT2D eigenvalue weighted by Gasteiger charge is -2.15. The normalized spacial score (nSPS) is 11.2. The van der Waals surface area contributed by atoms with Crippen molar-refractivity contribution in [1.29, 1.82) is 0 Å². The van der Waals surface area contributed by atoms with Gasteiger partial charge in [0.25, 0.3) is 0 Å². The van der Waals surface area contributed by atoms with Crippen molar-refractivity contribution in [2.24, 2.45) is 0 Å². The van der Waals surface area contributed by atoms with E-state index >= 15 is 0 Å². The molecule has 1 N–H and O–H groups in total. The van der Waals surface area contributed by atoms with E-state index in [1.165, 1.54) is 5.56 Å². The summed E-state index contributed by atoms with van der Waals surface area (Å²) in [7, 11) is 4.16. The molecule has 1 aromatic carbocycles. The fraction of sp³-hybridized carbons (Fsp3) is 0.571. The van der Waals surface area contributed by atoms with E-state index in [-0.39, 0.29) is 6.10 Å². The zero-order chi connectivity index (χ0) is 12.7. The molecule has 0 aliphatic carbocycles. The molecule has 0 saturated heterocycles. The van der Waals surface area contributed by atoms with Crippen molar-refractivity contribution in [1.82, 2.24) is 10.2 Å². The molecule has 1 rings (SSSR count). The second-order valence-electron chi connectivity index (χ2n) is 4.75. The van der Waals surface area contributed by atoms with Gasteiger partial charge in [0, 0.05) is 25.2 Å². The van der Waals surface area contributed by atoms with Gasteiger partial charge >= 0.3 is 0 Å². The molecule has 0 fully saturated rings. The molecule has 0 aliphatic heterocycles. The molecule has 0 saturated carbocycles. The van der Waals surface area contributed by atoms with Crippen LogP contribution in [0.5, 0.6) is 5.75 Å². The third kappa shape index (κ3) is 5.71. The van der Waals surface area contributed by atoms with Crippen LogP contribution in [0.4, 0.5) is 0 Å². The van der Waals surface area contributed by atoms with Gasteiger partial charge in [-0.2, -0.15) is 0 Å². The van der Waals surface area contributed by atoms with Gasteiger partial charge in [-0.3, -0.25) is 0 Å². The van der Waals surface area contributed by atoms with E-state index in [0.29, 0.717) is 0 Å². The Kier molecular flexibility index (Phi) is 6.01. The van der Waals surface area contributed by atoms with Crippen LogP contribution < -0.4 is 10.1 Å². The highest BCUT2D eigenvalue weighted by Gasteiger charge is 2.04. The summed E-state index contributed by atoms with van der Waals surface area (Å²) in [4.78, 5) is 2.17. The molecular formula is C14H24N2O. The van der Waals surface area contributed by atoms with E-state index in [9.17, 15) is 0 Å². The van der Waals surface area contributed by atoms with Gasteiger partial charge in [-0.25, -0.2) is 0 Å². The molecule has 0 radical (unpaired) electrons. The van der Waals surface area contributed by atoms with Crippen molar-refractivity contribution < 1.29 is 4.74 Å². The van der Waals surface area contributed by atoms with E-state index in [2.05, 4.69) is 50.3 Å². The largest absolute Gasteiger partial charge is 0.491 e. The maximum Gasteiger partial charge on any atom is 0.124 e. The van der Waals surface area contributed by atoms with Crippen molar-refractivity contribution in [3.63, 3.8) is 0 Å². The fourth-order valence-corrected chi connectivity index (χ4v) is 1.54. The number of hydrogen-bond donors (Lipinski definition) is 1. The minimum atomic E-state index is 0.220. The van der Waals surface area contributed by atoms with Crippen molar-refractivity contribution >= 4 is 0 Å². The number of para-hydroxylation sites is 1. The van der Waals surface area contributed by atoms with Crippen LogP contribution in [0.1, 0.15) is 19.4 Å². The van der Waals surface area contributed by atoms with Crippen LogP contribution in [-0.4, -0.2) is 38.2 Å². The molecule has 0 atom stereocenters. The summed E-state index contributed by atoms with van der Waals surface area (Å²) in [6.07, 6.45) is 0.220. The van der Waals surface area contributed by atoms with E-state index < -0.39 is 0 Å². The third-order valence-corrected chi connectivity index (χ3v) is 2.39. The Morgan fingerprint density at radius 2 is 1.94 bits per heavy atom. The second kappa shape index (κ2) is 7.30. The van der Waals surface area contributed by atoms with E-state index in [0.717, 1.165) is 25.4 Å². The zero-order valence-electron chi connectivity index (χ0n) is 11.4. The first-order valence-electron chi connectivity index (χ1n) is 6.19. The molecule has 3 nitrogen and oxygen atoms in total. The summed E-state index contributed by atoms with van der Waals surface area (Å²) < 4.78 is 5.77. The van der Waals surface area contributed by atoms with Crippen molar-refractivity contribution in [2.45, 2.75) is 26.5 Å². The van der Waals surface area contributed by atoms with Gasteiger partial charge in [0.15, 0.2) is 0 Å². The first-order chi connectivity index (χ1) is 8.09. The predicted molar refractivity (Wildman–Crippen MR) is 72.5 cm³/mol. The van der Waals surface area contributed by atoms with Crippen LogP contribution in [0.2, 0.25) is 0 Å². The molecule has 3 heteroatoms. The van der Waals surface area contributed by atoms with E-state index in [1.54, 1.807) is 0 Å². The minimum Gasteiger partial charge on any atom is -0.491 e. The van der Waals surface area contributed by atoms with Gasteiger partial charge in [0.2, 0.25) is 0 Å². The van der Waals surface area contributed by atoms with Crippen LogP contribution in [0.25, 0.3) is 0 Å². The maximum absolute atomic E-state index is 5.77. The number of hydrogen-bond acceptors (Lipinski definition) is 3. The van der Waals surface area contributed by atoms with Gasteiger partial charge in [-0.1, -0.05) is 18.2 Å². The lowest BCUT2D eigenvalue weighted by molar-refractivity contribution is 0.239. The van der Waals surface area contributed by atoms with Crippen LogP contribution in [-0.2, 0) is 6.54 Å². The summed E-state index contributed by atoms with van der Waals surface area (Å²) in [5.74, 6) is 0.986. The monoisotopic (exact) mass is 236 g/mol. The molecule has 0 heterocycles. The third-order valence-electron chi connectivity index (χ3n) is 2.39. The van der Waals surface area contributed by atoms with Crippen LogP contribution >= 0.6 is 0 Å². The molecule has 0 unspecified atom stereocenters. The number of likely N-dealkylation sites (N-methyl/N-ethyl adjacent to an activating group) is 1. The van der Waals surface area contributed by atoms with E-state index in [4.69, 9.17) is 4.74 Å². The summed E-state index contributed by atoms with van der Waals surface area (Å²) in [5, 5.41) is 3.42. The highest BCUT2D eigenvalue weighted by atomic mass is 16.5. The SMILES string of the molecule is CC(C)Oc1ccccc1CNCCN(C)C. The van der Waals surface area contributed by atoms with Gasteiger partial charge in [-0.15, -0.1) is 0 Å². The van der Waals surface area contributed by atoms with Crippen molar-refractivity contribution in [3.8, 4) is 5.75 Å². The van der Waals surface area contributed by atoms with E-state index in [1.807, 2.05) is 12.1 Å². The van der Waals surface area contributed by atoms with Crippen molar-refractivity contribution in [2.75, 3.05) is 27.2 Å². The van der Waals surface area contributed by atoms with Gasteiger partial charge in [0.05, 0.1) is 6.10 Å². The number of nitrogens with one attached hydrogen (secondary N) is 1. The van der Waals surface area contributed by atoms with Crippen LogP contribution in [0, 0.1) is 0 Å². The Bertz CT molecular complexity index is 324. The lowest BCUT2D eigenvalue weighted by Crippen LogP contribution is -2.26. The molecule has 96 valence electrons. The molecule has 0 bridgehead atoms. The summed E-state index contributed by atoms with van der Waals surface area (Å²) >= 11 is 0. The Morgan fingerprint density at radius 3 is 2.59 bits per heavy atom. The Hall–Kier alpha value is -1.06. The topological polar surface area (TPSA) is 24.5 Å². The smallest absolute Gasteiger partial charge is 0.124 e. The molecule has 1 aromatic rings. The molecule has 17 heavy (non-hydrogen) atoms.